The number of hydrogen-bond donors (Lipinski definition) is 0. The number of likely N-dealkylation sites (N-methyl/N-ethyl adjacent to an activating group) is 1. The van der Waals surface area contributed by atoms with Crippen molar-refractivity contribution in [3.8, 4) is 5.75 Å². The van der Waals surface area contributed by atoms with Crippen LogP contribution in [0.3, 0.4) is 0 Å². The molecule has 1 unspecified atom stereocenters. The van der Waals surface area contributed by atoms with E-state index in [-0.39, 0.29) is 23.6 Å². The number of rotatable bonds is 10. The van der Waals surface area contributed by atoms with E-state index in [0.29, 0.717) is 13.1 Å². The van der Waals surface area contributed by atoms with E-state index in [1.165, 1.54) is 18.1 Å². The van der Waals surface area contributed by atoms with Crippen LogP contribution in [0, 0.1) is 6.92 Å². The standard InChI is InChI=1S/C26H30NO4S.C2H6O4S/c1-4-27(18-24(19-27)31-32(28,29)25-16-10-20(2)11-17-25)26(21-8-6-5-7-9-21)22-12-14-23(30-3)15-13-22;1-2-6-7(3,4)5/h5-17,24,26H,4,18-19H2,1-3H3;2H2,1H3,(H,3,4,5)/q+1;/p-1. The average molecular weight is 578 g/mol. The van der Waals surface area contributed by atoms with Gasteiger partial charge < -0.3 is 13.8 Å². The molecule has 0 bridgehead atoms. The van der Waals surface area contributed by atoms with Crippen molar-refractivity contribution in [2.75, 3.05) is 33.4 Å². The maximum atomic E-state index is 12.8. The van der Waals surface area contributed by atoms with Crippen LogP contribution < -0.4 is 4.74 Å². The molecule has 212 valence electrons. The van der Waals surface area contributed by atoms with Gasteiger partial charge in [0.05, 0.1) is 25.2 Å². The van der Waals surface area contributed by atoms with E-state index in [1.54, 1.807) is 31.4 Å². The molecule has 0 amide bonds. The van der Waals surface area contributed by atoms with Crippen molar-refractivity contribution in [2.45, 2.75) is 37.8 Å². The van der Waals surface area contributed by atoms with Crippen molar-refractivity contribution in [2.24, 2.45) is 0 Å². The second-order valence-electron chi connectivity index (χ2n) is 9.29. The maximum Gasteiger partial charge on any atom is 0.297 e. The van der Waals surface area contributed by atoms with Gasteiger partial charge in [-0.1, -0.05) is 48.0 Å². The van der Waals surface area contributed by atoms with Gasteiger partial charge in [0.2, 0.25) is 10.4 Å². The van der Waals surface area contributed by atoms with Gasteiger partial charge in [-0.3, -0.25) is 8.37 Å². The Morgan fingerprint density at radius 1 is 0.872 bits per heavy atom. The number of nitrogens with zero attached hydrogens (tertiary/aromatic N) is 1. The van der Waals surface area contributed by atoms with Crippen molar-refractivity contribution in [3.63, 3.8) is 0 Å². The Morgan fingerprint density at radius 2 is 1.44 bits per heavy atom. The second-order valence-corrected chi connectivity index (χ2v) is 11.9. The molecule has 1 saturated heterocycles. The van der Waals surface area contributed by atoms with Gasteiger partial charge >= 0.3 is 0 Å². The van der Waals surface area contributed by atoms with Crippen molar-refractivity contribution in [1.82, 2.24) is 0 Å². The Kier molecular flexibility index (Phi) is 10.3. The third-order valence-corrected chi connectivity index (χ3v) is 8.59. The van der Waals surface area contributed by atoms with Crippen molar-refractivity contribution >= 4 is 20.5 Å². The third-order valence-electron chi connectivity index (χ3n) is 6.69. The van der Waals surface area contributed by atoms with E-state index in [0.717, 1.165) is 22.3 Å². The van der Waals surface area contributed by atoms with Crippen LogP contribution in [0.5, 0.6) is 5.75 Å². The molecule has 0 aliphatic carbocycles. The normalized spacial score (nSPS) is 19.8. The summed E-state index contributed by atoms with van der Waals surface area (Å²) in [6, 6.07) is 25.4. The van der Waals surface area contributed by atoms with Crippen LogP contribution in [0.2, 0.25) is 0 Å². The van der Waals surface area contributed by atoms with E-state index in [4.69, 9.17) is 8.92 Å². The number of quaternary nitrogens is 1. The van der Waals surface area contributed by atoms with Crippen molar-refractivity contribution in [3.05, 3.63) is 95.6 Å². The van der Waals surface area contributed by atoms with Crippen LogP contribution in [0.25, 0.3) is 0 Å². The molecule has 0 aromatic heterocycles. The molecular weight excluding hydrogens is 542 g/mol. The molecule has 1 aliphatic rings. The molecular formula is C28H35NO8S2. The molecule has 0 spiro atoms. The summed E-state index contributed by atoms with van der Waals surface area (Å²) in [4.78, 5) is 0.208. The average Bonchev–Trinajstić information content (AvgIpc) is 2.88. The van der Waals surface area contributed by atoms with Crippen LogP contribution in [0.15, 0.2) is 83.8 Å². The summed E-state index contributed by atoms with van der Waals surface area (Å²) in [5.41, 5.74) is 3.40. The first kappa shape index (κ1) is 30.7. The molecule has 39 heavy (non-hydrogen) atoms. The van der Waals surface area contributed by atoms with Crippen LogP contribution in [-0.4, -0.2) is 65.3 Å². The van der Waals surface area contributed by atoms with E-state index in [1.807, 2.05) is 37.3 Å². The van der Waals surface area contributed by atoms with Gasteiger partial charge in [-0.2, -0.15) is 8.42 Å². The molecule has 3 aromatic carbocycles. The summed E-state index contributed by atoms with van der Waals surface area (Å²) in [5.74, 6) is 0.817. The maximum absolute atomic E-state index is 12.8. The summed E-state index contributed by atoms with van der Waals surface area (Å²) in [6.07, 6.45) is -0.342. The molecule has 11 heteroatoms. The second kappa shape index (κ2) is 13.0. The van der Waals surface area contributed by atoms with E-state index >= 15 is 0 Å². The first-order chi connectivity index (χ1) is 18.4. The van der Waals surface area contributed by atoms with Gasteiger partial charge in [-0.05, 0) is 57.2 Å². The number of methoxy groups -OCH3 is 1. The zero-order valence-electron chi connectivity index (χ0n) is 22.5. The monoisotopic (exact) mass is 577 g/mol. The Balaban J connectivity index is 0.000000532. The smallest absolute Gasteiger partial charge is 0.297 e. The highest BCUT2D eigenvalue weighted by Crippen LogP contribution is 2.41. The Bertz CT molecular complexity index is 1400. The van der Waals surface area contributed by atoms with E-state index in [9.17, 15) is 21.4 Å². The minimum absolute atomic E-state index is 0.0914. The highest BCUT2D eigenvalue weighted by atomic mass is 32.3. The zero-order valence-corrected chi connectivity index (χ0v) is 24.2. The minimum atomic E-state index is -4.42. The Labute approximate surface area is 231 Å². The van der Waals surface area contributed by atoms with Crippen LogP contribution in [-0.2, 0) is 28.9 Å². The topological polar surface area (TPSA) is 119 Å². The molecule has 0 radical (unpaired) electrons. The third kappa shape index (κ3) is 8.10. The lowest BCUT2D eigenvalue weighted by atomic mass is 9.89. The summed E-state index contributed by atoms with van der Waals surface area (Å²) in [7, 11) is -6.55. The largest absolute Gasteiger partial charge is 0.726 e. The number of ether oxygens (including phenoxy) is 1. The van der Waals surface area contributed by atoms with Crippen molar-refractivity contribution in [1.29, 1.82) is 0 Å². The predicted molar refractivity (Wildman–Crippen MR) is 146 cm³/mol. The molecule has 3 aromatic rings. The summed E-state index contributed by atoms with van der Waals surface area (Å²) >= 11 is 0. The Hall–Kier alpha value is -2.80. The lowest BCUT2D eigenvalue weighted by Crippen LogP contribution is -2.68. The number of likely N-dealkylation sites (tertiary alicyclic amines) is 1. The van der Waals surface area contributed by atoms with Crippen molar-refractivity contribution < 1.29 is 39.0 Å². The molecule has 1 fully saturated rings. The van der Waals surface area contributed by atoms with E-state index in [2.05, 4.69) is 35.4 Å². The quantitative estimate of drug-likeness (QED) is 0.152. The molecule has 0 N–H and O–H groups in total. The van der Waals surface area contributed by atoms with Crippen LogP contribution in [0.4, 0.5) is 0 Å². The number of benzene rings is 3. The predicted octanol–water partition coefficient (Wildman–Crippen LogP) is 4.20. The van der Waals surface area contributed by atoms with E-state index < -0.39 is 20.5 Å². The number of aryl methyl sites for hydroxylation is 1. The van der Waals surface area contributed by atoms with Gasteiger partial charge in [-0.15, -0.1) is 0 Å². The highest BCUT2D eigenvalue weighted by Gasteiger charge is 2.51. The first-order valence-electron chi connectivity index (χ1n) is 12.6. The first-order valence-corrected chi connectivity index (χ1v) is 15.3. The molecule has 1 heterocycles. The summed E-state index contributed by atoms with van der Waals surface area (Å²) < 4.78 is 69.3. The lowest BCUT2D eigenvalue weighted by molar-refractivity contribution is -0.991. The fraction of sp³-hybridized carbons (Fsp3) is 0.357. The van der Waals surface area contributed by atoms with Gasteiger partial charge in [0.25, 0.3) is 10.1 Å². The van der Waals surface area contributed by atoms with Gasteiger partial charge in [0, 0.05) is 11.1 Å². The summed E-state index contributed by atoms with van der Waals surface area (Å²) in [5, 5.41) is 0. The molecule has 1 atom stereocenters. The molecule has 9 nitrogen and oxygen atoms in total. The van der Waals surface area contributed by atoms with Gasteiger partial charge in [0.15, 0.2) is 6.10 Å². The minimum Gasteiger partial charge on any atom is -0.726 e. The highest BCUT2D eigenvalue weighted by molar-refractivity contribution is 7.86. The molecule has 1 aliphatic heterocycles. The fourth-order valence-corrected chi connectivity index (χ4v) is 6.15. The van der Waals surface area contributed by atoms with Crippen LogP contribution >= 0.6 is 0 Å². The summed E-state index contributed by atoms with van der Waals surface area (Å²) in [6.45, 7) is 7.56. The molecule has 0 saturated carbocycles. The van der Waals surface area contributed by atoms with Gasteiger partial charge in [-0.25, -0.2) is 8.42 Å². The zero-order chi connectivity index (χ0) is 28.7. The number of hydrogen-bond acceptors (Lipinski definition) is 8. The Morgan fingerprint density at radius 3 is 1.90 bits per heavy atom. The van der Waals surface area contributed by atoms with Gasteiger partial charge in [0.1, 0.15) is 24.9 Å². The SMILES string of the molecule is CCOS(=O)(=O)[O-].CC[N+]1(C(c2ccccc2)c2ccc(OC)cc2)CC(OS(=O)(=O)c2ccc(C)cc2)C1. The van der Waals surface area contributed by atoms with Crippen LogP contribution in [0.1, 0.15) is 36.6 Å². The fourth-order valence-electron chi connectivity index (χ4n) is 4.80. The molecule has 4 rings (SSSR count). The lowest BCUT2D eigenvalue weighted by Gasteiger charge is -2.53.